The highest BCUT2D eigenvalue weighted by Gasteiger charge is 2.05. The summed E-state index contributed by atoms with van der Waals surface area (Å²) >= 11 is 0. The fraction of sp³-hybridized carbons (Fsp3) is 0.167. The molecule has 0 saturated carbocycles. The van der Waals surface area contributed by atoms with E-state index in [0.717, 1.165) is 16.9 Å². The Balaban J connectivity index is 2.42. The first-order valence-electron chi connectivity index (χ1n) is 4.91. The minimum Gasteiger partial charge on any atom is -0.392 e. The van der Waals surface area contributed by atoms with Crippen LogP contribution in [0, 0.1) is 18.3 Å². The van der Waals surface area contributed by atoms with Crippen LogP contribution in [0.25, 0.3) is 5.69 Å². The molecule has 80 valence electrons. The molecule has 0 spiro atoms. The summed E-state index contributed by atoms with van der Waals surface area (Å²) in [6.07, 6.45) is 0. The van der Waals surface area contributed by atoms with Crippen LogP contribution in [0.2, 0.25) is 0 Å². The Hall–Kier alpha value is -2.12. The molecule has 0 bridgehead atoms. The zero-order chi connectivity index (χ0) is 11.5. The third-order valence-electron chi connectivity index (χ3n) is 2.37. The third kappa shape index (κ3) is 1.81. The van der Waals surface area contributed by atoms with Gasteiger partial charge in [-0.3, -0.25) is 0 Å². The fourth-order valence-corrected chi connectivity index (χ4v) is 1.53. The van der Waals surface area contributed by atoms with Crippen molar-refractivity contribution in [1.29, 1.82) is 5.26 Å². The number of aliphatic hydroxyl groups is 1. The Morgan fingerprint density at radius 3 is 2.56 bits per heavy atom. The van der Waals surface area contributed by atoms with Crippen molar-refractivity contribution < 1.29 is 5.11 Å². The molecule has 0 atom stereocenters. The van der Waals surface area contributed by atoms with Crippen molar-refractivity contribution in [3.63, 3.8) is 0 Å². The average molecular weight is 213 g/mol. The minimum atomic E-state index is 0.0296. The molecule has 1 aromatic carbocycles. The van der Waals surface area contributed by atoms with Crippen molar-refractivity contribution in [1.82, 2.24) is 9.78 Å². The molecule has 1 heterocycles. The summed E-state index contributed by atoms with van der Waals surface area (Å²) in [6, 6.07) is 11.2. The molecule has 0 saturated heterocycles. The predicted molar refractivity (Wildman–Crippen MR) is 58.9 cm³/mol. The van der Waals surface area contributed by atoms with Gasteiger partial charge in [0, 0.05) is 5.69 Å². The first-order chi connectivity index (χ1) is 7.74. The number of hydrogen-bond acceptors (Lipinski definition) is 3. The minimum absolute atomic E-state index is 0.0296. The number of benzene rings is 1. The standard InChI is InChI=1S/C12H11N3O/c1-9-6-11(7-13)14-15(9)12-4-2-10(8-16)3-5-12/h2-6,16H,8H2,1H3. The number of aryl methyl sites for hydroxylation is 1. The predicted octanol–water partition coefficient (Wildman–Crippen LogP) is 1.54. The summed E-state index contributed by atoms with van der Waals surface area (Å²) in [4.78, 5) is 0. The highest BCUT2D eigenvalue weighted by molar-refractivity contribution is 5.37. The summed E-state index contributed by atoms with van der Waals surface area (Å²) in [5, 5.41) is 21.8. The van der Waals surface area contributed by atoms with Gasteiger partial charge < -0.3 is 5.11 Å². The number of aliphatic hydroxyl groups excluding tert-OH is 1. The molecular weight excluding hydrogens is 202 g/mol. The Labute approximate surface area is 93.4 Å². The first-order valence-corrected chi connectivity index (χ1v) is 4.91. The quantitative estimate of drug-likeness (QED) is 0.823. The van der Waals surface area contributed by atoms with Crippen molar-refractivity contribution in [3.8, 4) is 11.8 Å². The highest BCUT2D eigenvalue weighted by atomic mass is 16.3. The maximum Gasteiger partial charge on any atom is 0.163 e. The molecule has 4 heteroatoms. The van der Waals surface area contributed by atoms with Crippen LogP contribution >= 0.6 is 0 Å². The Morgan fingerprint density at radius 1 is 1.38 bits per heavy atom. The summed E-state index contributed by atoms with van der Waals surface area (Å²) in [5.41, 5.74) is 3.06. The van der Waals surface area contributed by atoms with E-state index in [9.17, 15) is 0 Å². The van der Waals surface area contributed by atoms with Crippen molar-refractivity contribution >= 4 is 0 Å². The lowest BCUT2D eigenvalue weighted by Gasteiger charge is -2.04. The second kappa shape index (κ2) is 4.17. The number of hydrogen-bond donors (Lipinski definition) is 1. The number of aromatic nitrogens is 2. The number of rotatable bonds is 2. The van der Waals surface area contributed by atoms with Gasteiger partial charge in [0.2, 0.25) is 0 Å². The third-order valence-corrected chi connectivity index (χ3v) is 2.37. The molecule has 1 N–H and O–H groups in total. The van der Waals surface area contributed by atoms with Gasteiger partial charge in [0.1, 0.15) is 6.07 Å². The summed E-state index contributed by atoms with van der Waals surface area (Å²) in [6.45, 7) is 1.93. The van der Waals surface area contributed by atoms with Crippen molar-refractivity contribution in [2.75, 3.05) is 0 Å². The molecule has 0 amide bonds. The molecule has 0 aliphatic heterocycles. The molecule has 0 fully saturated rings. The van der Waals surface area contributed by atoms with Crippen LogP contribution in [-0.2, 0) is 6.61 Å². The molecule has 0 unspecified atom stereocenters. The molecule has 0 aliphatic rings. The van der Waals surface area contributed by atoms with Gasteiger partial charge in [-0.25, -0.2) is 4.68 Å². The molecule has 2 rings (SSSR count). The maximum absolute atomic E-state index is 8.93. The monoisotopic (exact) mass is 213 g/mol. The Kier molecular flexibility index (Phi) is 2.71. The van der Waals surface area contributed by atoms with E-state index in [1.54, 1.807) is 10.7 Å². The molecule has 16 heavy (non-hydrogen) atoms. The van der Waals surface area contributed by atoms with E-state index in [2.05, 4.69) is 5.10 Å². The maximum atomic E-state index is 8.93. The number of nitrogens with zero attached hydrogens (tertiary/aromatic N) is 3. The topological polar surface area (TPSA) is 61.8 Å². The van der Waals surface area contributed by atoms with Crippen molar-refractivity contribution in [2.24, 2.45) is 0 Å². The molecule has 0 radical (unpaired) electrons. The van der Waals surface area contributed by atoms with E-state index in [4.69, 9.17) is 10.4 Å². The molecular formula is C12H11N3O. The Morgan fingerprint density at radius 2 is 2.06 bits per heavy atom. The van der Waals surface area contributed by atoms with Crippen LogP contribution in [-0.4, -0.2) is 14.9 Å². The fourth-order valence-electron chi connectivity index (χ4n) is 1.53. The van der Waals surface area contributed by atoms with Crippen LogP contribution in [0.1, 0.15) is 17.0 Å². The van der Waals surface area contributed by atoms with Gasteiger partial charge in [0.25, 0.3) is 0 Å². The van der Waals surface area contributed by atoms with E-state index in [-0.39, 0.29) is 6.61 Å². The van der Waals surface area contributed by atoms with Crippen LogP contribution in [0.15, 0.2) is 30.3 Å². The molecule has 4 nitrogen and oxygen atoms in total. The zero-order valence-electron chi connectivity index (χ0n) is 8.88. The van der Waals surface area contributed by atoms with Crippen molar-refractivity contribution in [3.05, 3.63) is 47.3 Å². The lowest BCUT2D eigenvalue weighted by atomic mass is 10.2. The van der Waals surface area contributed by atoms with Crippen LogP contribution in [0.3, 0.4) is 0 Å². The molecule has 2 aromatic rings. The average Bonchev–Trinajstić information content (AvgIpc) is 2.71. The molecule has 1 aromatic heterocycles. The van der Waals surface area contributed by atoms with E-state index in [0.29, 0.717) is 5.69 Å². The van der Waals surface area contributed by atoms with Crippen molar-refractivity contribution in [2.45, 2.75) is 13.5 Å². The summed E-state index contributed by atoms with van der Waals surface area (Å²) < 4.78 is 1.71. The normalized spacial score (nSPS) is 10.1. The summed E-state index contributed by atoms with van der Waals surface area (Å²) in [7, 11) is 0. The van der Waals surface area contributed by atoms with Crippen LogP contribution < -0.4 is 0 Å². The van der Waals surface area contributed by atoms with E-state index < -0.39 is 0 Å². The van der Waals surface area contributed by atoms with Crippen LogP contribution in [0.5, 0.6) is 0 Å². The van der Waals surface area contributed by atoms with E-state index >= 15 is 0 Å². The van der Waals surface area contributed by atoms with Gasteiger partial charge >= 0.3 is 0 Å². The second-order valence-corrected chi connectivity index (χ2v) is 3.52. The lowest BCUT2D eigenvalue weighted by Crippen LogP contribution is -1.99. The van der Waals surface area contributed by atoms with Gasteiger partial charge in [-0.15, -0.1) is 0 Å². The van der Waals surface area contributed by atoms with Gasteiger partial charge in [-0.05, 0) is 30.7 Å². The zero-order valence-corrected chi connectivity index (χ0v) is 8.88. The largest absolute Gasteiger partial charge is 0.392 e. The van der Waals surface area contributed by atoms with Gasteiger partial charge in [-0.2, -0.15) is 10.4 Å². The van der Waals surface area contributed by atoms with E-state index in [1.165, 1.54) is 0 Å². The van der Waals surface area contributed by atoms with Crippen LogP contribution in [0.4, 0.5) is 0 Å². The van der Waals surface area contributed by atoms with Gasteiger partial charge in [0.15, 0.2) is 5.69 Å². The van der Waals surface area contributed by atoms with E-state index in [1.807, 2.05) is 37.3 Å². The molecule has 0 aliphatic carbocycles. The number of nitriles is 1. The van der Waals surface area contributed by atoms with Gasteiger partial charge in [0.05, 0.1) is 12.3 Å². The lowest BCUT2D eigenvalue weighted by molar-refractivity contribution is 0.282. The van der Waals surface area contributed by atoms with Gasteiger partial charge in [-0.1, -0.05) is 12.1 Å². The SMILES string of the molecule is Cc1cc(C#N)nn1-c1ccc(CO)cc1. The second-order valence-electron chi connectivity index (χ2n) is 3.52. The summed E-state index contributed by atoms with van der Waals surface area (Å²) in [5.74, 6) is 0. The Bertz CT molecular complexity index is 534. The smallest absolute Gasteiger partial charge is 0.163 e. The first kappa shape index (κ1) is 10.4. The highest BCUT2D eigenvalue weighted by Crippen LogP contribution is 2.12.